The highest BCUT2D eigenvalue weighted by Crippen LogP contribution is 2.32. The SMILES string of the molecule is COc1ccc(C(=O)N2CCN(c3cccc(C(F)(F)F)c3)CC2)cc1S(=O)(=O)NC1CCCCC1. The molecule has 1 saturated carbocycles. The molecule has 2 aromatic carbocycles. The Bertz CT molecular complexity index is 1190. The third-order valence-corrected chi connectivity index (χ3v) is 8.27. The van der Waals surface area contributed by atoms with Gasteiger partial charge in [0.1, 0.15) is 10.6 Å². The molecule has 1 amide bonds. The van der Waals surface area contributed by atoms with Crippen molar-refractivity contribution in [3.63, 3.8) is 0 Å². The number of rotatable bonds is 6. The molecule has 1 aliphatic carbocycles. The van der Waals surface area contributed by atoms with E-state index in [4.69, 9.17) is 4.74 Å². The number of alkyl halides is 3. The van der Waals surface area contributed by atoms with E-state index in [1.54, 1.807) is 15.9 Å². The average Bonchev–Trinajstić information content (AvgIpc) is 2.88. The summed E-state index contributed by atoms with van der Waals surface area (Å²) in [6, 6.07) is 9.33. The van der Waals surface area contributed by atoms with Crippen molar-refractivity contribution in [2.45, 2.75) is 49.2 Å². The molecule has 7 nitrogen and oxygen atoms in total. The third kappa shape index (κ3) is 5.95. The van der Waals surface area contributed by atoms with Crippen molar-refractivity contribution in [3.8, 4) is 5.75 Å². The van der Waals surface area contributed by atoms with Crippen LogP contribution in [0.15, 0.2) is 47.4 Å². The van der Waals surface area contributed by atoms with E-state index in [2.05, 4.69) is 4.72 Å². The Kier molecular flexibility index (Phi) is 7.79. The Morgan fingerprint density at radius 3 is 2.33 bits per heavy atom. The molecular formula is C25H30F3N3O4S. The first kappa shape index (κ1) is 26.3. The van der Waals surface area contributed by atoms with Crippen LogP contribution in [0.5, 0.6) is 5.75 Å². The lowest BCUT2D eigenvalue weighted by Crippen LogP contribution is -2.48. The van der Waals surface area contributed by atoms with Crippen LogP contribution in [-0.4, -0.2) is 58.6 Å². The molecule has 11 heteroatoms. The van der Waals surface area contributed by atoms with Crippen molar-refractivity contribution in [3.05, 3.63) is 53.6 Å². The molecular weight excluding hydrogens is 495 g/mol. The number of nitrogens with zero attached hydrogens (tertiary/aromatic N) is 2. The van der Waals surface area contributed by atoms with Crippen LogP contribution in [0.4, 0.5) is 18.9 Å². The maximum atomic E-state index is 13.2. The zero-order valence-electron chi connectivity index (χ0n) is 20.1. The summed E-state index contributed by atoms with van der Waals surface area (Å²) in [5.74, 6) is -0.181. The van der Waals surface area contributed by atoms with Gasteiger partial charge in [-0.25, -0.2) is 13.1 Å². The number of hydrogen-bond acceptors (Lipinski definition) is 5. The van der Waals surface area contributed by atoms with Crippen LogP contribution >= 0.6 is 0 Å². The normalized spacial score (nSPS) is 17.8. The van der Waals surface area contributed by atoms with E-state index in [9.17, 15) is 26.4 Å². The third-order valence-electron chi connectivity index (χ3n) is 6.73. The Hall–Kier alpha value is -2.79. The second-order valence-corrected chi connectivity index (χ2v) is 10.8. The van der Waals surface area contributed by atoms with Gasteiger partial charge in [0.05, 0.1) is 12.7 Å². The van der Waals surface area contributed by atoms with E-state index in [0.29, 0.717) is 31.9 Å². The van der Waals surface area contributed by atoms with Gasteiger partial charge in [0.25, 0.3) is 5.91 Å². The van der Waals surface area contributed by atoms with E-state index in [1.807, 2.05) is 0 Å². The molecule has 0 unspecified atom stereocenters. The number of nitrogens with one attached hydrogen (secondary N) is 1. The minimum Gasteiger partial charge on any atom is -0.495 e. The second-order valence-electron chi connectivity index (χ2n) is 9.15. The van der Waals surface area contributed by atoms with Crippen molar-refractivity contribution in [2.75, 3.05) is 38.2 Å². The predicted octanol–water partition coefficient (Wildman–Crippen LogP) is 4.29. The van der Waals surface area contributed by atoms with Crippen LogP contribution in [-0.2, 0) is 16.2 Å². The van der Waals surface area contributed by atoms with Crippen molar-refractivity contribution in [1.29, 1.82) is 0 Å². The van der Waals surface area contributed by atoms with Crippen LogP contribution in [0, 0.1) is 0 Å². The summed E-state index contributed by atoms with van der Waals surface area (Å²) in [6.07, 6.45) is 0.149. The zero-order chi connectivity index (χ0) is 25.9. The maximum absolute atomic E-state index is 13.2. The van der Waals surface area contributed by atoms with Crippen molar-refractivity contribution in [2.24, 2.45) is 0 Å². The summed E-state index contributed by atoms with van der Waals surface area (Å²) in [6.45, 7) is 1.31. The second kappa shape index (κ2) is 10.7. The lowest BCUT2D eigenvalue weighted by Gasteiger charge is -2.36. The summed E-state index contributed by atoms with van der Waals surface area (Å²) >= 11 is 0. The van der Waals surface area contributed by atoms with Crippen LogP contribution in [0.25, 0.3) is 0 Å². The number of sulfonamides is 1. The number of halogens is 3. The molecule has 0 atom stereocenters. The predicted molar refractivity (Wildman–Crippen MR) is 130 cm³/mol. The molecule has 2 aromatic rings. The molecule has 4 rings (SSSR count). The lowest BCUT2D eigenvalue weighted by atomic mass is 9.96. The van der Waals surface area contributed by atoms with Gasteiger partial charge in [-0.05, 0) is 49.2 Å². The van der Waals surface area contributed by atoms with Crippen molar-refractivity contribution < 1.29 is 31.1 Å². The summed E-state index contributed by atoms with van der Waals surface area (Å²) in [5, 5.41) is 0. The van der Waals surface area contributed by atoms with Gasteiger partial charge in [0.2, 0.25) is 10.0 Å². The van der Waals surface area contributed by atoms with E-state index in [-0.39, 0.29) is 28.2 Å². The monoisotopic (exact) mass is 525 g/mol. The number of piperazine rings is 1. The Morgan fingerprint density at radius 1 is 1.00 bits per heavy atom. The molecule has 0 bridgehead atoms. The van der Waals surface area contributed by atoms with E-state index < -0.39 is 21.8 Å². The minimum atomic E-state index is -4.42. The molecule has 2 fully saturated rings. The topological polar surface area (TPSA) is 79.0 Å². The molecule has 1 N–H and O–H groups in total. The smallest absolute Gasteiger partial charge is 0.416 e. The Morgan fingerprint density at radius 2 is 1.69 bits per heavy atom. The summed E-state index contributed by atoms with van der Waals surface area (Å²) < 4.78 is 73.5. The van der Waals surface area contributed by atoms with Gasteiger partial charge in [-0.3, -0.25) is 4.79 Å². The zero-order valence-corrected chi connectivity index (χ0v) is 20.9. The van der Waals surface area contributed by atoms with Gasteiger partial charge < -0.3 is 14.5 Å². The summed E-state index contributed by atoms with van der Waals surface area (Å²) in [5.41, 5.74) is -0.0526. The fraction of sp³-hybridized carbons (Fsp3) is 0.480. The highest BCUT2D eigenvalue weighted by atomic mass is 32.2. The Balaban J connectivity index is 1.47. The van der Waals surface area contributed by atoms with Gasteiger partial charge in [-0.1, -0.05) is 25.3 Å². The number of benzene rings is 2. The molecule has 0 aromatic heterocycles. The molecule has 1 aliphatic heterocycles. The fourth-order valence-corrected chi connectivity index (χ4v) is 6.25. The maximum Gasteiger partial charge on any atom is 0.416 e. The number of ether oxygens (including phenoxy) is 1. The van der Waals surface area contributed by atoms with E-state index >= 15 is 0 Å². The largest absolute Gasteiger partial charge is 0.495 e. The number of anilines is 1. The molecule has 2 aliphatic rings. The summed E-state index contributed by atoms with van der Waals surface area (Å²) in [4.78, 5) is 16.5. The van der Waals surface area contributed by atoms with Crippen LogP contribution in [0.1, 0.15) is 48.0 Å². The first-order valence-corrected chi connectivity index (χ1v) is 13.5. The minimum absolute atomic E-state index is 0.0796. The molecule has 0 spiro atoms. The lowest BCUT2D eigenvalue weighted by molar-refractivity contribution is -0.137. The summed E-state index contributed by atoms with van der Waals surface area (Å²) in [7, 11) is -2.52. The first-order valence-electron chi connectivity index (χ1n) is 12.0. The van der Waals surface area contributed by atoms with Gasteiger partial charge in [0, 0.05) is 43.5 Å². The molecule has 0 radical (unpaired) electrons. The van der Waals surface area contributed by atoms with E-state index in [0.717, 1.165) is 44.2 Å². The first-order chi connectivity index (χ1) is 17.1. The number of amides is 1. The number of carbonyl (C=O) groups is 1. The average molecular weight is 526 g/mol. The quantitative estimate of drug-likeness (QED) is 0.609. The number of carbonyl (C=O) groups excluding carboxylic acids is 1. The number of methoxy groups -OCH3 is 1. The Labute approximate surface area is 209 Å². The van der Waals surface area contributed by atoms with Crippen LogP contribution < -0.4 is 14.4 Å². The highest BCUT2D eigenvalue weighted by molar-refractivity contribution is 7.89. The van der Waals surface area contributed by atoms with Gasteiger partial charge in [-0.15, -0.1) is 0 Å². The molecule has 196 valence electrons. The van der Waals surface area contributed by atoms with Gasteiger partial charge in [-0.2, -0.15) is 13.2 Å². The van der Waals surface area contributed by atoms with Gasteiger partial charge >= 0.3 is 6.18 Å². The fourth-order valence-electron chi connectivity index (χ4n) is 4.75. The van der Waals surface area contributed by atoms with Crippen molar-refractivity contribution in [1.82, 2.24) is 9.62 Å². The van der Waals surface area contributed by atoms with Gasteiger partial charge in [0.15, 0.2) is 0 Å². The highest BCUT2D eigenvalue weighted by Gasteiger charge is 2.32. The van der Waals surface area contributed by atoms with Crippen LogP contribution in [0.3, 0.4) is 0 Å². The number of hydrogen-bond donors (Lipinski definition) is 1. The molecule has 36 heavy (non-hydrogen) atoms. The molecule has 1 saturated heterocycles. The van der Waals surface area contributed by atoms with Crippen molar-refractivity contribution >= 4 is 21.6 Å². The molecule has 1 heterocycles. The standard InChI is InChI=1S/C25H30F3N3O4S/c1-35-22-11-10-18(16-23(22)36(33,34)29-20-7-3-2-4-8-20)24(32)31-14-12-30(13-15-31)21-9-5-6-19(17-21)25(26,27)28/h5-6,9-11,16-17,20,29H,2-4,7-8,12-15H2,1H3. The van der Waals surface area contributed by atoms with Crippen LogP contribution in [0.2, 0.25) is 0 Å². The van der Waals surface area contributed by atoms with E-state index in [1.165, 1.54) is 31.4 Å².